The number of primary amides is 1. The molecule has 0 aliphatic heterocycles. The Morgan fingerprint density at radius 2 is 2.00 bits per heavy atom. The summed E-state index contributed by atoms with van der Waals surface area (Å²) >= 11 is 0. The molecule has 0 rings (SSSR count). The molecule has 0 fully saturated rings. The van der Waals surface area contributed by atoms with Crippen molar-refractivity contribution in [2.75, 3.05) is 20.3 Å². The first-order valence-electron chi connectivity index (χ1n) is 6.55. The van der Waals surface area contributed by atoms with E-state index in [0.29, 0.717) is 13.0 Å². The number of nitrogens with two attached hydrogens (primary N) is 1. The fourth-order valence-electron chi connectivity index (χ4n) is 1.95. The molecule has 0 aromatic heterocycles. The first-order valence-corrected chi connectivity index (χ1v) is 6.55. The molecule has 5 heteroatoms. The molecule has 3 N–H and O–H groups in total. The van der Waals surface area contributed by atoms with Crippen molar-refractivity contribution in [1.82, 2.24) is 5.32 Å². The number of carbonyl (C=O) groups is 1. The van der Waals surface area contributed by atoms with Gasteiger partial charge in [-0.1, -0.05) is 6.92 Å². The van der Waals surface area contributed by atoms with E-state index in [2.05, 4.69) is 12.2 Å². The van der Waals surface area contributed by atoms with Gasteiger partial charge in [0, 0.05) is 13.5 Å². The zero-order valence-corrected chi connectivity index (χ0v) is 12.3. The summed E-state index contributed by atoms with van der Waals surface area (Å²) in [6.07, 6.45) is 1.46. The van der Waals surface area contributed by atoms with Crippen molar-refractivity contribution in [3.8, 4) is 0 Å². The van der Waals surface area contributed by atoms with Crippen molar-refractivity contribution in [1.29, 1.82) is 0 Å². The van der Waals surface area contributed by atoms with Gasteiger partial charge in [0.25, 0.3) is 0 Å². The number of hydrogen-bond donors (Lipinski definition) is 2. The summed E-state index contributed by atoms with van der Waals surface area (Å²) in [6.45, 7) is 9.07. The van der Waals surface area contributed by atoms with E-state index < -0.39 is 5.54 Å². The third kappa shape index (κ3) is 6.33. The smallest absolute Gasteiger partial charge is 0.237 e. The minimum Gasteiger partial charge on any atom is -0.382 e. The highest BCUT2D eigenvalue weighted by atomic mass is 16.5. The largest absolute Gasteiger partial charge is 0.382 e. The van der Waals surface area contributed by atoms with Gasteiger partial charge in [-0.2, -0.15) is 0 Å². The van der Waals surface area contributed by atoms with Gasteiger partial charge in [0.15, 0.2) is 0 Å². The average molecular weight is 260 g/mol. The predicted octanol–water partition coefficient (Wildman–Crippen LogP) is 1.06. The van der Waals surface area contributed by atoms with Gasteiger partial charge in [-0.3, -0.25) is 4.79 Å². The molecule has 5 nitrogen and oxygen atoms in total. The number of amides is 1. The summed E-state index contributed by atoms with van der Waals surface area (Å²) in [5.41, 5.74) is 4.75. The number of methoxy groups -OCH3 is 1. The summed E-state index contributed by atoms with van der Waals surface area (Å²) in [6, 6.07) is 0. The van der Waals surface area contributed by atoms with Gasteiger partial charge >= 0.3 is 0 Å². The van der Waals surface area contributed by atoms with Crippen LogP contribution in [-0.4, -0.2) is 43.9 Å². The minimum atomic E-state index is -0.720. The Kier molecular flexibility index (Phi) is 8.15. The van der Waals surface area contributed by atoms with E-state index in [9.17, 15) is 4.79 Å². The second-order valence-electron chi connectivity index (χ2n) is 5.04. The number of rotatable bonds is 10. The van der Waals surface area contributed by atoms with Gasteiger partial charge < -0.3 is 20.5 Å². The second kappa shape index (κ2) is 8.45. The molecular weight excluding hydrogens is 232 g/mol. The summed E-state index contributed by atoms with van der Waals surface area (Å²) in [5.74, 6) is -0.342. The Balaban J connectivity index is 4.35. The number of hydrogen-bond acceptors (Lipinski definition) is 4. The molecule has 0 aromatic rings. The van der Waals surface area contributed by atoms with E-state index >= 15 is 0 Å². The van der Waals surface area contributed by atoms with Crippen molar-refractivity contribution in [3.63, 3.8) is 0 Å². The minimum absolute atomic E-state index is 0.00769. The third-order valence-corrected chi connectivity index (χ3v) is 2.87. The Labute approximate surface area is 110 Å². The van der Waals surface area contributed by atoms with Gasteiger partial charge in [-0.15, -0.1) is 0 Å². The van der Waals surface area contributed by atoms with Crippen LogP contribution in [0.15, 0.2) is 0 Å². The average Bonchev–Trinajstić information content (AvgIpc) is 2.26. The van der Waals surface area contributed by atoms with Crippen LogP contribution in [0, 0.1) is 0 Å². The molecule has 108 valence electrons. The lowest BCUT2D eigenvalue weighted by atomic mass is 9.93. The fraction of sp³-hybridized carbons (Fsp3) is 0.923. The molecular formula is C13H28N2O3. The van der Waals surface area contributed by atoms with Crippen LogP contribution >= 0.6 is 0 Å². The van der Waals surface area contributed by atoms with Crippen LogP contribution in [0.4, 0.5) is 0 Å². The van der Waals surface area contributed by atoms with Crippen molar-refractivity contribution >= 4 is 5.91 Å². The van der Waals surface area contributed by atoms with E-state index in [1.54, 1.807) is 7.11 Å². The maximum Gasteiger partial charge on any atom is 0.237 e. The Hall–Kier alpha value is -0.650. The van der Waals surface area contributed by atoms with Gasteiger partial charge in [0.1, 0.15) is 0 Å². The zero-order chi connectivity index (χ0) is 14.2. The summed E-state index contributed by atoms with van der Waals surface area (Å²) in [4.78, 5) is 11.6. The molecule has 0 radical (unpaired) electrons. The normalized spacial score (nSPS) is 18.1. The van der Waals surface area contributed by atoms with Gasteiger partial charge in [0.2, 0.25) is 5.91 Å². The molecule has 3 unspecified atom stereocenters. The zero-order valence-electron chi connectivity index (χ0n) is 12.3. The molecule has 1 amide bonds. The lowest BCUT2D eigenvalue weighted by molar-refractivity contribution is -0.126. The Morgan fingerprint density at radius 3 is 2.44 bits per heavy atom. The molecule has 3 atom stereocenters. The molecule has 0 heterocycles. The lowest BCUT2D eigenvalue weighted by Gasteiger charge is -2.31. The number of ether oxygens (including phenoxy) is 2. The Morgan fingerprint density at radius 1 is 1.39 bits per heavy atom. The van der Waals surface area contributed by atoms with Crippen LogP contribution in [-0.2, 0) is 14.3 Å². The maximum absolute atomic E-state index is 11.6. The topological polar surface area (TPSA) is 73.6 Å². The first kappa shape index (κ1) is 17.4. The standard InChI is InChI=1S/C13H28N2O3/c1-6-7-15-13(4,12(14)16)8-10(2)18-11(3)9-17-5/h10-11,15H,6-9H2,1-5H3,(H2,14,16). The van der Waals surface area contributed by atoms with Crippen LogP contribution in [0.25, 0.3) is 0 Å². The predicted molar refractivity (Wildman–Crippen MR) is 72.4 cm³/mol. The lowest BCUT2D eigenvalue weighted by Crippen LogP contribution is -2.55. The molecule has 0 bridgehead atoms. The molecule has 0 aliphatic carbocycles. The quantitative estimate of drug-likeness (QED) is 0.616. The summed E-state index contributed by atoms with van der Waals surface area (Å²) < 4.78 is 10.8. The van der Waals surface area contributed by atoms with Gasteiger partial charge in [0.05, 0.1) is 24.4 Å². The van der Waals surface area contributed by atoms with Crippen molar-refractivity contribution in [2.24, 2.45) is 5.73 Å². The van der Waals surface area contributed by atoms with Crippen molar-refractivity contribution in [2.45, 2.75) is 58.3 Å². The van der Waals surface area contributed by atoms with E-state index in [1.165, 1.54) is 0 Å². The van der Waals surface area contributed by atoms with E-state index in [4.69, 9.17) is 15.2 Å². The highest BCUT2D eigenvalue weighted by Crippen LogP contribution is 2.15. The molecule has 18 heavy (non-hydrogen) atoms. The van der Waals surface area contributed by atoms with Crippen LogP contribution in [0.3, 0.4) is 0 Å². The van der Waals surface area contributed by atoms with Crippen LogP contribution in [0.2, 0.25) is 0 Å². The van der Waals surface area contributed by atoms with Gasteiger partial charge in [-0.25, -0.2) is 0 Å². The molecule has 0 aliphatic rings. The van der Waals surface area contributed by atoms with E-state index in [1.807, 2.05) is 20.8 Å². The van der Waals surface area contributed by atoms with Crippen molar-refractivity contribution < 1.29 is 14.3 Å². The number of carbonyl (C=O) groups excluding carboxylic acids is 1. The molecule has 0 spiro atoms. The van der Waals surface area contributed by atoms with E-state index in [0.717, 1.165) is 13.0 Å². The van der Waals surface area contributed by atoms with Crippen LogP contribution in [0.5, 0.6) is 0 Å². The van der Waals surface area contributed by atoms with Gasteiger partial charge in [-0.05, 0) is 33.7 Å². The molecule has 0 aromatic carbocycles. The highest BCUT2D eigenvalue weighted by molar-refractivity contribution is 5.84. The summed E-state index contributed by atoms with van der Waals surface area (Å²) in [5, 5.41) is 3.20. The maximum atomic E-state index is 11.6. The van der Waals surface area contributed by atoms with Crippen LogP contribution < -0.4 is 11.1 Å². The first-order chi connectivity index (χ1) is 8.35. The van der Waals surface area contributed by atoms with Crippen LogP contribution in [0.1, 0.15) is 40.5 Å². The second-order valence-corrected chi connectivity index (χ2v) is 5.04. The van der Waals surface area contributed by atoms with E-state index in [-0.39, 0.29) is 18.1 Å². The molecule has 0 saturated heterocycles. The monoisotopic (exact) mass is 260 g/mol. The highest BCUT2D eigenvalue weighted by Gasteiger charge is 2.32. The SMILES string of the molecule is CCCNC(C)(CC(C)OC(C)COC)C(N)=O. The Bertz CT molecular complexity index is 248. The molecule has 0 saturated carbocycles. The fourth-order valence-corrected chi connectivity index (χ4v) is 1.95. The summed E-state index contributed by atoms with van der Waals surface area (Å²) in [7, 11) is 1.64. The van der Waals surface area contributed by atoms with Crippen molar-refractivity contribution in [3.05, 3.63) is 0 Å². The third-order valence-electron chi connectivity index (χ3n) is 2.87. The number of nitrogens with one attached hydrogen (secondary N) is 1.